The number of rotatable bonds is 2. The molecule has 104 valence electrons. The van der Waals surface area contributed by atoms with Crippen LogP contribution in [0.4, 0.5) is 0 Å². The fourth-order valence-electron chi connectivity index (χ4n) is 3.90. The second-order valence-electron chi connectivity index (χ2n) is 5.90. The third-order valence-electron chi connectivity index (χ3n) is 4.96. The Kier molecular flexibility index (Phi) is 3.18. The third kappa shape index (κ3) is 1.84. The average Bonchev–Trinajstić information content (AvgIpc) is 2.80. The van der Waals surface area contributed by atoms with E-state index in [0.717, 1.165) is 25.7 Å². The van der Waals surface area contributed by atoms with Crippen LogP contribution in [0.15, 0.2) is 35.2 Å². The average molecular weight is 279 g/mol. The maximum absolute atomic E-state index is 13.1. The minimum Gasteiger partial charge on any atom is -0.312 e. The molecule has 2 fully saturated rings. The first kappa shape index (κ1) is 13.1. The van der Waals surface area contributed by atoms with Crippen molar-refractivity contribution in [2.45, 2.75) is 48.3 Å². The van der Waals surface area contributed by atoms with Crippen LogP contribution in [0.25, 0.3) is 0 Å². The zero-order valence-corrected chi connectivity index (χ0v) is 12.1. The van der Waals surface area contributed by atoms with E-state index in [2.05, 4.69) is 12.2 Å². The van der Waals surface area contributed by atoms with E-state index in [1.54, 1.807) is 12.1 Å². The molecule has 3 atom stereocenters. The Morgan fingerprint density at radius 2 is 1.95 bits per heavy atom. The van der Waals surface area contributed by atoms with Gasteiger partial charge in [0.2, 0.25) is 0 Å². The van der Waals surface area contributed by atoms with Crippen LogP contribution in [0, 0.1) is 5.92 Å². The predicted molar refractivity (Wildman–Crippen MR) is 75.8 cm³/mol. The maximum Gasteiger partial charge on any atom is 0.185 e. The zero-order chi connectivity index (χ0) is 13.5. The van der Waals surface area contributed by atoms with Gasteiger partial charge in [-0.25, -0.2) is 8.42 Å². The van der Waals surface area contributed by atoms with Gasteiger partial charge >= 0.3 is 0 Å². The largest absolute Gasteiger partial charge is 0.312 e. The van der Waals surface area contributed by atoms with Crippen molar-refractivity contribution in [1.82, 2.24) is 5.32 Å². The molecule has 1 aromatic rings. The van der Waals surface area contributed by atoms with Crippen LogP contribution in [-0.2, 0) is 9.84 Å². The summed E-state index contributed by atoms with van der Waals surface area (Å²) in [6.07, 6.45) is 4.01. The van der Waals surface area contributed by atoms with Gasteiger partial charge in [0.25, 0.3) is 0 Å². The molecule has 0 spiro atoms. The van der Waals surface area contributed by atoms with E-state index in [1.807, 2.05) is 18.2 Å². The fourth-order valence-corrected chi connectivity index (χ4v) is 6.29. The van der Waals surface area contributed by atoms with E-state index in [-0.39, 0.29) is 5.92 Å². The molecule has 1 unspecified atom stereocenters. The first-order valence-electron chi connectivity index (χ1n) is 7.11. The van der Waals surface area contributed by atoms with Crippen LogP contribution >= 0.6 is 0 Å². The van der Waals surface area contributed by atoms with E-state index in [1.165, 1.54) is 0 Å². The molecule has 0 bridgehead atoms. The molecule has 19 heavy (non-hydrogen) atoms. The molecule has 3 rings (SSSR count). The maximum atomic E-state index is 13.1. The van der Waals surface area contributed by atoms with Gasteiger partial charge in [-0.3, -0.25) is 0 Å². The van der Waals surface area contributed by atoms with Crippen molar-refractivity contribution >= 4 is 9.84 Å². The Morgan fingerprint density at radius 1 is 1.21 bits per heavy atom. The normalized spacial score (nSPS) is 35.0. The molecule has 4 heteroatoms. The van der Waals surface area contributed by atoms with Crippen LogP contribution in [0.3, 0.4) is 0 Å². The van der Waals surface area contributed by atoms with E-state index >= 15 is 0 Å². The standard InChI is InChI=1S/C15H21NO2S/c1-12-14-9-5-6-10-15(14,11-16-12)19(17,18)13-7-3-2-4-8-13/h2-4,7-8,12,14,16H,5-6,9-11H2,1H3/t12?,14-,15-/m1/s1. The molecule has 2 aliphatic rings. The Hall–Kier alpha value is -0.870. The van der Waals surface area contributed by atoms with Crippen LogP contribution in [0.1, 0.15) is 32.6 Å². The van der Waals surface area contributed by atoms with E-state index in [9.17, 15) is 8.42 Å². The quantitative estimate of drug-likeness (QED) is 0.904. The molecule has 1 saturated heterocycles. The minimum atomic E-state index is -3.26. The summed E-state index contributed by atoms with van der Waals surface area (Å²) in [5.41, 5.74) is 0. The second-order valence-corrected chi connectivity index (χ2v) is 8.19. The van der Waals surface area contributed by atoms with E-state index < -0.39 is 14.6 Å². The Bertz CT molecular complexity index is 551. The number of benzene rings is 1. The molecule has 0 radical (unpaired) electrons. The van der Waals surface area contributed by atoms with Gasteiger partial charge in [0.05, 0.1) is 9.64 Å². The molecule has 1 N–H and O–H groups in total. The lowest BCUT2D eigenvalue weighted by Gasteiger charge is -2.39. The number of hydrogen-bond donors (Lipinski definition) is 1. The highest BCUT2D eigenvalue weighted by atomic mass is 32.2. The van der Waals surface area contributed by atoms with Gasteiger partial charge in [-0.15, -0.1) is 0 Å². The number of hydrogen-bond acceptors (Lipinski definition) is 3. The molecule has 1 aromatic carbocycles. The van der Waals surface area contributed by atoms with Crippen molar-refractivity contribution in [2.24, 2.45) is 5.92 Å². The summed E-state index contributed by atoms with van der Waals surface area (Å²) in [5.74, 6) is 0.256. The van der Waals surface area contributed by atoms with Gasteiger partial charge in [-0.2, -0.15) is 0 Å². The highest BCUT2D eigenvalue weighted by molar-refractivity contribution is 7.93. The van der Waals surface area contributed by atoms with Gasteiger partial charge < -0.3 is 5.32 Å². The summed E-state index contributed by atoms with van der Waals surface area (Å²) in [6, 6.07) is 9.27. The predicted octanol–water partition coefficient (Wildman–Crippen LogP) is 2.38. The van der Waals surface area contributed by atoms with Crippen molar-refractivity contribution in [3.05, 3.63) is 30.3 Å². The van der Waals surface area contributed by atoms with Crippen LogP contribution in [0.5, 0.6) is 0 Å². The SMILES string of the molecule is CC1NC[C@]2(S(=O)(=O)c3ccccc3)CCCC[C@H]12. The molecule has 1 saturated carbocycles. The smallest absolute Gasteiger partial charge is 0.185 e. The number of fused-ring (bicyclic) bond motifs is 1. The van der Waals surface area contributed by atoms with Gasteiger partial charge in [-0.1, -0.05) is 31.0 Å². The lowest BCUT2D eigenvalue weighted by atomic mass is 9.78. The van der Waals surface area contributed by atoms with Gasteiger partial charge in [-0.05, 0) is 37.8 Å². The Labute approximate surface area is 115 Å². The second kappa shape index (κ2) is 4.60. The molecule has 1 heterocycles. The highest BCUT2D eigenvalue weighted by Crippen LogP contribution is 2.47. The van der Waals surface area contributed by atoms with E-state index in [0.29, 0.717) is 17.5 Å². The third-order valence-corrected chi connectivity index (χ3v) is 7.57. The molecule has 3 nitrogen and oxygen atoms in total. The van der Waals surface area contributed by atoms with Crippen molar-refractivity contribution in [3.8, 4) is 0 Å². The fraction of sp³-hybridized carbons (Fsp3) is 0.600. The summed E-state index contributed by atoms with van der Waals surface area (Å²) >= 11 is 0. The molecular weight excluding hydrogens is 258 g/mol. The Morgan fingerprint density at radius 3 is 2.68 bits per heavy atom. The van der Waals surface area contributed by atoms with Crippen molar-refractivity contribution in [2.75, 3.05) is 6.54 Å². The van der Waals surface area contributed by atoms with Crippen molar-refractivity contribution < 1.29 is 8.42 Å². The summed E-state index contributed by atoms with van der Waals surface area (Å²) in [4.78, 5) is 0.484. The lowest BCUT2D eigenvalue weighted by molar-refractivity contribution is 0.288. The highest BCUT2D eigenvalue weighted by Gasteiger charge is 2.56. The van der Waals surface area contributed by atoms with Crippen LogP contribution in [0.2, 0.25) is 0 Å². The van der Waals surface area contributed by atoms with Gasteiger partial charge in [0, 0.05) is 12.6 Å². The summed E-state index contributed by atoms with van der Waals surface area (Å²) in [6.45, 7) is 2.73. The van der Waals surface area contributed by atoms with Crippen LogP contribution in [-0.4, -0.2) is 25.8 Å². The molecule has 0 amide bonds. The minimum absolute atomic E-state index is 0.256. The van der Waals surface area contributed by atoms with Crippen molar-refractivity contribution in [1.29, 1.82) is 0 Å². The molecule has 1 aliphatic carbocycles. The first-order valence-corrected chi connectivity index (χ1v) is 8.59. The topological polar surface area (TPSA) is 46.2 Å². The zero-order valence-electron chi connectivity index (χ0n) is 11.3. The molecule has 1 aliphatic heterocycles. The summed E-state index contributed by atoms with van der Waals surface area (Å²) < 4.78 is 25.6. The van der Waals surface area contributed by atoms with Crippen LogP contribution < -0.4 is 5.32 Å². The molecule has 0 aromatic heterocycles. The van der Waals surface area contributed by atoms with Gasteiger partial charge in [0.1, 0.15) is 0 Å². The van der Waals surface area contributed by atoms with E-state index in [4.69, 9.17) is 0 Å². The lowest BCUT2D eigenvalue weighted by Crippen LogP contribution is -2.48. The number of sulfone groups is 1. The monoisotopic (exact) mass is 279 g/mol. The molecular formula is C15H21NO2S. The van der Waals surface area contributed by atoms with Gasteiger partial charge in [0.15, 0.2) is 9.84 Å². The Balaban J connectivity index is 2.08. The summed E-state index contributed by atoms with van der Waals surface area (Å²) in [7, 11) is -3.26. The first-order chi connectivity index (χ1) is 9.08. The number of nitrogens with one attached hydrogen (secondary N) is 1. The van der Waals surface area contributed by atoms with Crippen molar-refractivity contribution in [3.63, 3.8) is 0 Å². The summed E-state index contributed by atoms with van der Waals surface area (Å²) in [5, 5.41) is 3.40.